The molecule has 0 saturated carbocycles. The fourth-order valence-electron chi connectivity index (χ4n) is 3.63. The van der Waals surface area contributed by atoms with E-state index in [0.717, 1.165) is 17.7 Å². The van der Waals surface area contributed by atoms with Gasteiger partial charge in [-0.3, -0.25) is 14.5 Å². The molecule has 0 aromatic heterocycles. The SMILES string of the molecule is CC(C)(C(=O)N1CCN(CC(=O)Nc2ccc(OC(F)(F)F)cc2)CC1)c1ccccc1. The molecule has 1 N–H and O–H groups in total. The molecule has 0 unspecified atom stereocenters. The second-order valence-electron chi connectivity index (χ2n) is 8.18. The van der Waals surface area contributed by atoms with Crippen molar-refractivity contribution < 1.29 is 27.5 Å². The Balaban J connectivity index is 1.47. The van der Waals surface area contributed by atoms with Gasteiger partial charge in [0, 0.05) is 31.9 Å². The Bertz CT molecular complexity index is 923. The topological polar surface area (TPSA) is 61.9 Å². The summed E-state index contributed by atoms with van der Waals surface area (Å²) < 4.78 is 40.5. The minimum atomic E-state index is -4.76. The molecule has 2 aromatic carbocycles. The van der Waals surface area contributed by atoms with E-state index in [1.165, 1.54) is 12.1 Å². The van der Waals surface area contributed by atoms with Crippen LogP contribution in [0.1, 0.15) is 19.4 Å². The van der Waals surface area contributed by atoms with E-state index in [1.54, 1.807) is 0 Å². The van der Waals surface area contributed by atoms with Crippen molar-refractivity contribution in [1.29, 1.82) is 0 Å². The lowest BCUT2D eigenvalue weighted by atomic mass is 9.83. The van der Waals surface area contributed by atoms with E-state index >= 15 is 0 Å². The van der Waals surface area contributed by atoms with Crippen LogP contribution in [0.5, 0.6) is 5.75 Å². The summed E-state index contributed by atoms with van der Waals surface area (Å²) in [7, 11) is 0. The lowest BCUT2D eigenvalue weighted by Gasteiger charge is -2.38. The molecule has 1 aliphatic heterocycles. The van der Waals surface area contributed by atoms with Gasteiger partial charge in [-0.15, -0.1) is 13.2 Å². The smallest absolute Gasteiger partial charge is 0.406 e. The number of ether oxygens (including phenoxy) is 1. The molecule has 0 aliphatic carbocycles. The average Bonchev–Trinajstić information content (AvgIpc) is 2.75. The van der Waals surface area contributed by atoms with Crippen LogP contribution >= 0.6 is 0 Å². The van der Waals surface area contributed by atoms with Crippen molar-refractivity contribution in [3.63, 3.8) is 0 Å². The van der Waals surface area contributed by atoms with Crippen LogP contribution in [0.25, 0.3) is 0 Å². The second-order valence-corrected chi connectivity index (χ2v) is 8.18. The number of piperazine rings is 1. The fourth-order valence-corrected chi connectivity index (χ4v) is 3.63. The monoisotopic (exact) mass is 449 g/mol. The summed E-state index contributed by atoms with van der Waals surface area (Å²) in [6.07, 6.45) is -4.76. The Kier molecular flexibility index (Phi) is 7.08. The molecule has 6 nitrogen and oxygen atoms in total. The molecule has 3 rings (SSSR count). The van der Waals surface area contributed by atoms with Gasteiger partial charge in [0.25, 0.3) is 0 Å². The molecule has 1 aliphatic rings. The quantitative estimate of drug-likeness (QED) is 0.732. The van der Waals surface area contributed by atoms with Crippen LogP contribution in [-0.4, -0.2) is 60.7 Å². The molecule has 1 fully saturated rings. The Morgan fingerprint density at radius 2 is 1.53 bits per heavy atom. The Hall–Kier alpha value is -3.07. The molecule has 0 radical (unpaired) electrons. The zero-order valence-electron chi connectivity index (χ0n) is 18.0. The van der Waals surface area contributed by atoms with Crippen molar-refractivity contribution in [1.82, 2.24) is 9.80 Å². The summed E-state index contributed by atoms with van der Waals surface area (Å²) >= 11 is 0. The third kappa shape index (κ3) is 6.23. The standard InChI is InChI=1S/C23H26F3N3O3/c1-22(2,17-6-4-3-5-7-17)21(31)29-14-12-28(13-15-29)16-20(30)27-18-8-10-19(11-9-18)32-23(24,25)26/h3-11H,12-16H2,1-2H3,(H,27,30). The zero-order chi connectivity index (χ0) is 23.4. The number of amides is 2. The third-order valence-electron chi connectivity index (χ3n) is 5.43. The maximum atomic E-state index is 13.1. The minimum Gasteiger partial charge on any atom is -0.406 e. The summed E-state index contributed by atoms with van der Waals surface area (Å²) in [6.45, 7) is 6.11. The summed E-state index contributed by atoms with van der Waals surface area (Å²) in [5, 5.41) is 2.66. The first-order chi connectivity index (χ1) is 15.0. The van der Waals surface area contributed by atoms with Gasteiger partial charge < -0.3 is 15.0 Å². The molecule has 9 heteroatoms. The molecule has 2 amide bonds. The van der Waals surface area contributed by atoms with E-state index in [0.29, 0.717) is 31.9 Å². The second kappa shape index (κ2) is 9.60. The van der Waals surface area contributed by atoms with Gasteiger partial charge in [-0.05, 0) is 43.7 Å². The van der Waals surface area contributed by atoms with Crippen LogP contribution in [0, 0.1) is 0 Å². The van der Waals surface area contributed by atoms with Gasteiger partial charge in [-0.2, -0.15) is 0 Å². The molecule has 0 atom stereocenters. The average molecular weight is 449 g/mol. The lowest BCUT2D eigenvalue weighted by molar-refractivity contribution is -0.274. The number of rotatable bonds is 6. The van der Waals surface area contributed by atoms with Crippen LogP contribution < -0.4 is 10.1 Å². The first-order valence-electron chi connectivity index (χ1n) is 10.3. The number of alkyl halides is 3. The van der Waals surface area contributed by atoms with Crippen molar-refractivity contribution in [3.05, 3.63) is 60.2 Å². The van der Waals surface area contributed by atoms with Gasteiger partial charge in [-0.25, -0.2) is 0 Å². The first kappa shape index (κ1) is 23.6. The molecule has 2 aromatic rings. The van der Waals surface area contributed by atoms with Crippen molar-refractivity contribution >= 4 is 17.5 Å². The van der Waals surface area contributed by atoms with Crippen molar-refractivity contribution in [2.45, 2.75) is 25.6 Å². The highest BCUT2D eigenvalue weighted by Crippen LogP contribution is 2.26. The van der Waals surface area contributed by atoms with Gasteiger partial charge in [0.1, 0.15) is 5.75 Å². The predicted molar refractivity (Wildman–Crippen MR) is 114 cm³/mol. The highest BCUT2D eigenvalue weighted by Gasteiger charge is 2.35. The van der Waals surface area contributed by atoms with E-state index in [-0.39, 0.29) is 24.1 Å². The van der Waals surface area contributed by atoms with E-state index in [9.17, 15) is 22.8 Å². The van der Waals surface area contributed by atoms with Crippen molar-refractivity contribution in [2.75, 3.05) is 38.0 Å². The Labute approximate surface area is 184 Å². The van der Waals surface area contributed by atoms with Crippen LogP contribution in [0.4, 0.5) is 18.9 Å². The number of nitrogens with one attached hydrogen (secondary N) is 1. The van der Waals surface area contributed by atoms with Crippen LogP contribution in [0.15, 0.2) is 54.6 Å². The number of hydrogen-bond donors (Lipinski definition) is 1. The number of nitrogens with zero attached hydrogens (tertiary/aromatic N) is 2. The summed E-state index contributed by atoms with van der Waals surface area (Å²) in [5.41, 5.74) is 0.699. The predicted octanol–water partition coefficient (Wildman–Crippen LogP) is 3.65. The summed E-state index contributed by atoms with van der Waals surface area (Å²) in [5.74, 6) is -0.581. The molecule has 1 saturated heterocycles. The van der Waals surface area contributed by atoms with Gasteiger partial charge >= 0.3 is 6.36 Å². The number of carbonyl (C=O) groups is 2. The van der Waals surface area contributed by atoms with E-state index in [2.05, 4.69) is 10.1 Å². The number of halogens is 3. The molecular weight excluding hydrogens is 423 g/mol. The minimum absolute atomic E-state index is 0.0500. The number of hydrogen-bond acceptors (Lipinski definition) is 4. The molecule has 0 spiro atoms. The van der Waals surface area contributed by atoms with E-state index in [1.807, 2.05) is 54.0 Å². The van der Waals surface area contributed by atoms with Crippen molar-refractivity contribution in [3.8, 4) is 5.75 Å². The molecule has 32 heavy (non-hydrogen) atoms. The summed E-state index contributed by atoms with van der Waals surface area (Å²) in [6, 6.07) is 14.6. The Morgan fingerprint density at radius 1 is 0.938 bits per heavy atom. The highest BCUT2D eigenvalue weighted by atomic mass is 19.4. The molecular formula is C23H26F3N3O3. The van der Waals surface area contributed by atoms with Crippen LogP contribution in [0.3, 0.4) is 0 Å². The number of anilines is 1. The van der Waals surface area contributed by atoms with Gasteiger partial charge in [0.2, 0.25) is 11.8 Å². The first-order valence-corrected chi connectivity index (χ1v) is 10.3. The normalized spacial score (nSPS) is 15.3. The highest BCUT2D eigenvalue weighted by molar-refractivity contribution is 5.92. The summed E-state index contributed by atoms with van der Waals surface area (Å²) in [4.78, 5) is 29.1. The van der Waals surface area contributed by atoms with E-state index in [4.69, 9.17) is 0 Å². The van der Waals surface area contributed by atoms with Gasteiger partial charge in [-0.1, -0.05) is 30.3 Å². The van der Waals surface area contributed by atoms with Gasteiger partial charge in [0.15, 0.2) is 0 Å². The van der Waals surface area contributed by atoms with Crippen molar-refractivity contribution in [2.24, 2.45) is 0 Å². The lowest BCUT2D eigenvalue weighted by Crippen LogP contribution is -2.54. The molecule has 0 bridgehead atoms. The number of benzene rings is 2. The molecule has 1 heterocycles. The van der Waals surface area contributed by atoms with Crippen LogP contribution in [-0.2, 0) is 15.0 Å². The van der Waals surface area contributed by atoms with Gasteiger partial charge in [0.05, 0.1) is 12.0 Å². The van der Waals surface area contributed by atoms with Crippen LogP contribution in [0.2, 0.25) is 0 Å². The molecule has 172 valence electrons. The third-order valence-corrected chi connectivity index (χ3v) is 5.43. The zero-order valence-corrected chi connectivity index (χ0v) is 18.0. The Morgan fingerprint density at radius 3 is 2.09 bits per heavy atom. The number of carbonyl (C=O) groups excluding carboxylic acids is 2. The largest absolute Gasteiger partial charge is 0.573 e. The fraction of sp³-hybridized carbons (Fsp3) is 0.391. The van der Waals surface area contributed by atoms with E-state index < -0.39 is 11.8 Å². The maximum Gasteiger partial charge on any atom is 0.573 e. The maximum absolute atomic E-state index is 13.1.